The molecule has 0 fully saturated rings. The van der Waals surface area contributed by atoms with Crippen molar-refractivity contribution in [1.29, 1.82) is 0 Å². The lowest BCUT2D eigenvalue weighted by atomic mass is 10.7. The van der Waals surface area contributed by atoms with Crippen LogP contribution in [-0.4, -0.2) is 0 Å². The van der Waals surface area contributed by atoms with Crippen LogP contribution in [0.4, 0.5) is 0 Å². The number of rotatable bonds is 0. The van der Waals surface area contributed by atoms with Crippen molar-refractivity contribution >= 4 is 0 Å². The second-order valence-corrected chi connectivity index (χ2v) is 0.914. The molecule has 0 unspecified atom stereocenters. The van der Waals surface area contributed by atoms with Crippen LogP contribution in [0, 0.1) is 13.2 Å². The molecule has 0 nitrogen and oxygen atoms in total. The first-order valence-corrected chi connectivity index (χ1v) is 2.08. The van der Waals surface area contributed by atoms with Gasteiger partial charge in [0.15, 0.2) is 0 Å². The van der Waals surface area contributed by atoms with Crippen molar-refractivity contribution in [3.8, 4) is 0 Å². The normalized spacial score (nSPS) is 3.33. The van der Waals surface area contributed by atoms with E-state index in [-0.39, 0.29) is 0 Å². The summed E-state index contributed by atoms with van der Waals surface area (Å²) in [5, 5.41) is 0. The monoisotopic (exact) mass is 110 g/mol. The van der Waals surface area contributed by atoms with Gasteiger partial charge in [0.05, 0.1) is 0 Å². The Morgan fingerprint density at radius 1 is 0.556 bits per heavy atom. The molecule has 0 aliphatic carbocycles. The van der Waals surface area contributed by atoms with E-state index in [0.29, 0.717) is 0 Å². The Hall–Kier alpha value is -1.98. The van der Waals surface area contributed by atoms with Gasteiger partial charge < -0.3 is 0 Å². The maximum absolute atomic E-state index is 4.79. The van der Waals surface area contributed by atoms with Crippen LogP contribution in [0.2, 0.25) is 0 Å². The van der Waals surface area contributed by atoms with Crippen LogP contribution < -0.4 is 0 Å². The van der Waals surface area contributed by atoms with E-state index in [1.165, 1.54) is 0 Å². The molecule has 0 saturated heterocycles. The quantitative estimate of drug-likeness (QED) is 0.327. The lowest BCUT2D eigenvalue weighted by Gasteiger charge is -1.20. The van der Waals surface area contributed by atoms with E-state index in [2.05, 4.69) is 40.1 Å². The molecule has 0 radical (unpaired) electrons. The van der Waals surface area contributed by atoms with Crippen molar-refractivity contribution in [1.82, 2.24) is 0 Å². The molecule has 0 N–H and O–H groups in total. The molecule has 0 aromatic carbocycles. The molecule has 0 aliphatic rings. The Labute approximate surface area is 54.1 Å². The van der Waals surface area contributed by atoms with Crippen molar-refractivity contribution in [2.75, 3.05) is 0 Å². The molecule has 0 bridgehead atoms. The molecular formula is C9H2+2. The Morgan fingerprint density at radius 3 is 1.22 bits per heavy atom. The van der Waals surface area contributed by atoms with E-state index in [1.54, 1.807) is 0 Å². The summed E-state index contributed by atoms with van der Waals surface area (Å²) >= 11 is 0. The van der Waals surface area contributed by atoms with Gasteiger partial charge in [-0.2, -0.15) is 0 Å². The van der Waals surface area contributed by atoms with E-state index in [9.17, 15) is 0 Å². The summed E-state index contributed by atoms with van der Waals surface area (Å²) in [6.07, 6.45) is 0. The average Bonchev–Trinajstić information content (AvgIpc) is 1.89. The Balaban J connectivity index is 5.19. The first kappa shape index (κ1) is 7.02. The minimum atomic E-state index is 2.10. The van der Waals surface area contributed by atoms with Crippen LogP contribution in [0.15, 0.2) is 40.1 Å². The van der Waals surface area contributed by atoms with Crippen molar-refractivity contribution < 1.29 is 0 Å². The Bertz CT molecular complexity index is 284. The highest BCUT2D eigenvalue weighted by Gasteiger charge is 1.51. The first-order valence-electron chi connectivity index (χ1n) is 2.08. The van der Waals surface area contributed by atoms with Gasteiger partial charge in [-0.3, -0.25) is 0 Å². The first-order chi connectivity index (χ1) is 4.41. The fourth-order valence-electron chi connectivity index (χ4n) is 0.166. The van der Waals surface area contributed by atoms with Crippen molar-refractivity contribution in [2.24, 2.45) is 0 Å². The summed E-state index contributed by atoms with van der Waals surface area (Å²) in [5.41, 5.74) is 15.9. The Morgan fingerprint density at radius 2 is 0.889 bits per heavy atom. The molecule has 0 aromatic rings. The van der Waals surface area contributed by atoms with Gasteiger partial charge in [0, 0.05) is 5.73 Å². The third-order valence-corrected chi connectivity index (χ3v) is 0.394. The summed E-state index contributed by atoms with van der Waals surface area (Å²) < 4.78 is 0. The number of hydrogen-bond donors (Lipinski definition) is 0. The van der Waals surface area contributed by atoms with E-state index in [0.717, 1.165) is 0 Å². The minimum absolute atomic E-state index is 2.10. The van der Waals surface area contributed by atoms with Gasteiger partial charge in [-0.15, -0.1) is 0 Å². The third kappa shape index (κ3) is 6.02. The van der Waals surface area contributed by atoms with Crippen LogP contribution in [0.1, 0.15) is 0 Å². The van der Waals surface area contributed by atoms with Crippen molar-refractivity contribution in [3.63, 3.8) is 0 Å². The lowest BCUT2D eigenvalue weighted by Crippen LogP contribution is -1.19. The van der Waals surface area contributed by atoms with Crippen molar-refractivity contribution in [3.05, 3.63) is 53.3 Å². The van der Waals surface area contributed by atoms with Crippen LogP contribution in [0.5, 0.6) is 0 Å². The summed E-state index contributed by atoms with van der Waals surface area (Å²) in [6.45, 7) is 9.58. The molecule has 0 amide bonds. The zero-order valence-corrected chi connectivity index (χ0v) is 4.65. The standard InChI is InChI=1S/C9H2/c1-3-5-7-9-8-6-4-2/h1-2H/q+2. The lowest BCUT2D eigenvalue weighted by molar-refractivity contribution is 2.16. The van der Waals surface area contributed by atoms with Gasteiger partial charge in [-0.1, -0.05) is 0 Å². The molecule has 0 spiro atoms. The van der Waals surface area contributed by atoms with Gasteiger partial charge >= 0.3 is 0 Å². The van der Waals surface area contributed by atoms with E-state index in [4.69, 9.17) is 13.2 Å². The topological polar surface area (TPSA) is 0 Å². The molecule has 0 heteroatoms. The van der Waals surface area contributed by atoms with Crippen molar-refractivity contribution in [2.45, 2.75) is 0 Å². The highest BCUT2D eigenvalue weighted by atomic mass is 13.4. The molecular weight excluding hydrogens is 108 g/mol. The molecule has 0 saturated carbocycles. The minimum Gasteiger partial charge on any atom is 0.0482 e. The summed E-state index contributed by atoms with van der Waals surface area (Å²) in [7, 11) is 0. The number of hydrogen-bond acceptors (Lipinski definition) is 0. The highest BCUT2D eigenvalue weighted by molar-refractivity contribution is 4.85. The van der Waals surface area contributed by atoms with E-state index < -0.39 is 0 Å². The third-order valence-electron chi connectivity index (χ3n) is 0.394. The second kappa shape index (κ2) is 6.02. The zero-order chi connectivity index (χ0) is 6.95. The Kier molecular flexibility index (Phi) is 4.70. The van der Waals surface area contributed by atoms with Gasteiger partial charge in [0.25, 0.3) is 0 Å². The molecule has 0 atom stereocenters. The van der Waals surface area contributed by atoms with Crippen LogP contribution in [0.3, 0.4) is 0 Å². The molecule has 0 rings (SSSR count). The fourth-order valence-corrected chi connectivity index (χ4v) is 0.166. The predicted molar refractivity (Wildman–Crippen MR) is 33.2 cm³/mol. The molecule has 0 aliphatic heterocycles. The molecule has 36 valence electrons. The molecule has 9 heavy (non-hydrogen) atoms. The van der Waals surface area contributed by atoms with E-state index in [1.807, 2.05) is 0 Å². The van der Waals surface area contributed by atoms with Gasteiger partial charge in [0.1, 0.15) is 24.6 Å². The smallest absolute Gasteiger partial charge is 0.0482 e. The predicted octanol–water partition coefficient (Wildman–Crippen LogP) is 1.49. The van der Waals surface area contributed by atoms with Gasteiger partial charge in [-0.25, -0.2) is 0 Å². The highest BCUT2D eigenvalue weighted by Crippen LogP contribution is 1.50. The van der Waals surface area contributed by atoms with E-state index >= 15 is 0 Å². The summed E-state index contributed by atoms with van der Waals surface area (Å²) in [4.78, 5) is 0. The van der Waals surface area contributed by atoms with Crippen LogP contribution in [0.25, 0.3) is 0 Å². The summed E-state index contributed by atoms with van der Waals surface area (Å²) in [6, 6.07) is 0. The average molecular weight is 110 g/mol. The second-order valence-electron chi connectivity index (χ2n) is 0.914. The van der Waals surface area contributed by atoms with Gasteiger partial charge in [0.2, 0.25) is 22.9 Å². The SMILES string of the molecule is [CH+]=C=C=C=C=C=C=C=[CH+]. The maximum atomic E-state index is 4.79. The van der Waals surface area contributed by atoms with Crippen LogP contribution in [-0.2, 0) is 0 Å². The molecule has 0 aromatic heterocycles. The fraction of sp³-hybridized carbons (Fsp3) is 0. The van der Waals surface area contributed by atoms with Gasteiger partial charge in [-0.05, 0) is 0 Å². The zero-order valence-electron chi connectivity index (χ0n) is 4.65. The molecule has 0 heterocycles. The maximum Gasteiger partial charge on any atom is 0.228 e. The summed E-state index contributed by atoms with van der Waals surface area (Å²) in [5.74, 6) is 0. The largest absolute Gasteiger partial charge is 0.228 e. The van der Waals surface area contributed by atoms with Crippen LogP contribution >= 0.6 is 0 Å².